The fraction of sp³-hybridized carbons (Fsp3) is 0.333. The van der Waals surface area contributed by atoms with Gasteiger partial charge in [0.05, 0.1) is 34.9 Å². The number of hydrogen-bond acceptors (Lipinski definition) is 3. The Kier molecular flexibility index (Phi) is 4.79. The van der Waals surface area contributed by atoms with Gasteiger partial charge >= 0.3 is 0 Å². The van der Waals surface area contributed by atoms with Crippen LogP contribution >= 0.6 is 0 Å². The molecule has 3 unspecified atom stereocenters. The van der Waals surface area contributed by atoms with Gasteiger partial charge in [-0.15, -0.1) is 0 Å². The monoisotopic (exact) mass is 427 g/mol. The van der Waals surface area contributed by atoms with Crippen molar-refractivity contribution in [2.45, 2.75) is 45.3 Å². The largest absolute Gasteiger partial charge is 0.385 e. The fourth-order valence-electron chi connectivity index (χ4n) is 5.78. The second-order valence-electron chi connectivity index (χ2n) is 9.48. The Balaban J connectivity index is 1.53. The van der Waals surface area contributed by atoms with Gasteiger partial charge in [-0.25, -0.2) is 9.37 Å². The van der Waals surface area contributed by atoms with E-state index in [1.54, 1.807) is 24.3 Å². The van der Waals surface area contributed by atoms with Crippen molar-refractivity contribution in [2.75, 3.05) is 0 Å². The number of nitrogens with zero attached hydrogens (tertiary/aromatic N) is 3. The molecule has 2 aromatic carbocycles. The third-order valence-electron chi connectivity index (χ3n) is 7.52. The van der Waals surface area contributed by atoms with Crippen LogP contribution in [0.1, 0.15) is 49.9 Å². The SMILES string of the molecule is CC12Cn3cnc(-c4ccc(F)cc4)c3C=C1CCCC2C(C)(O)c1ccc(C#N)cc1. The third kappa shape index (κ3) is 3.18. The molecule has 1 saturated carbocycles. The smallest absolute Gasteiger partial charge is 0.123 e. The van der Waals surface area contributed by atoms with Crippen LogP contribution in [0.5, 0.6) is 0 Å². The highest BCUT2D eigenvalue weighted by Gasteiger charge is 2.51. The van der Waals surface area contributed by atoms with Crippen molar-refractivity contribution in [3.05, 3.63) is 83.1 Å². The minimum atomic E-state index is -1.03. The molecule has 4 nitrogen and oxygen atoms in total. The van der Waals surface area contributed by atoms with Gasteiger partial charge in [-0.1, -0.05) is 24.6 Å². The second kappa shape index (κ2) is 7.43. The maximum atomic E-state index is 13.4. The average molecular weight is 428 g/mol. The maximum absolute atomic E-state index is 13.4. The highest BCUT2D eigenvalue weighted by molar-refractivity contribution is 5.72. The number of aliphatic hydroxyl groups is 1. The van der Waals surface area contributed by atoms with Crippen LogP contribution in [0.15, 0.2) is 60.4 Å². The third-order valence-corrected chi connectivity index (χ3v) is 7.52. The van der Waals surface area contributed by atoms with Crippen LogP contribution in [0.4, 0.5) is 4.39 Å². The summed E-state index contributed by atoms with van der Waals surface area (Å²) in [6.07, 6.45) is 7.02. The first-order valence-corrected chi connectivity index (χ1v) is 11.1. The fourth-order valence-corrected chi connectivity index (χ4v) is 5.78. The molecule has 32 heavy (non-hydrogen) atoms. The van der Waals surface area contributed by atoms with Crippen molar-refractivity contribution in [3.63, 3.8) is 0 Å². The van der Waals surface area contributed by atoms with E-state index in [2.05, 4.69) is 28.6 Å². The van der Waals surface area contributed by atoms with Crippen LogP contribution in [0, 0.1) is 28.5 Å². The van der Waals surface area contributed by atoms with Crippen molar-refractivity contribution in [1.82, 2.24) is 9.55 Å². The minimum absolute atomic E-state index is 0.0211. The summed E-state index contributed by atoms with van der Waals surface area (Å²) in [5, 5.41) is 20.9. The van der Waals surface area contributed by atoms with E-state index in [1.165, 1.54) is 17.7 Å². The molecule has 1 aliphatic heterocycles. The first kappa shape index (κ1) is 20.7. The van der Waals surface area contributed by atoms with E-state index in [1.807, 2.05) is 25.4 Å². The summed E-state index contributed by atoms with van der Waals surface area (Å²) in [5.74, 6) is -0.235. The van der Waals surface area contributed by atoms with E-state index in [4.69, 9.17) is 5.26 Å². The lowest BCUT2D eigenvalue weighted by atomic mass is 9.57. The predicted molar refractivity (Wildman–Crippen MR) is 122 cm³/mol. The molecule has 3 atom stereocenters. The molecule has 0 spiro atoms. The molecular formula is C27H26FN3O. The molecule has 5 heteroatoms. The first-order chi connectivity index (χ1) is 15.3. The highest BCUT2D eigenvalue weighted by Crippen LogP contribution is 2.55. The zero-order valence-corrected chi connectivity index (χ0v) is 18.3. The van der Waals surface area contributed by atoms with Crippen molar-refractivity contribution in [2.24, 2.45) is 11.3 Å². The predicted octanol–water partition coefficient (Wildman–Crippen LogP) is 5.67. The van der Waals surface area contributed by atoms with Gasteiger partial charge in [-0.2, -0.15) is 5.26 Å². The van der Waals surface area contributed by atoms with E-state index >= 15 is 0 Å². The molecule has 3 aromatic rings. The first-order valence-electron chi connectivity index (χ1n) is 11.1. The minimum Gasteiger partial charge on any atom is -0.385 e. The van der Waals surface area contributed by atoms with Crippen LogP contribution in [0.25, 0.3) is 17.3 Å². The van der Waals surface area contributed by atoms with Gasteiger partial charge in [-0.3, -0.25) is 0 Å². The number of imidazole rings is 1. The lowest BCUT2D eigenvalue weighted by molar-refractivity contribution is -0.0713. The van der Waals surface area contributed by atoms with E-state index in [9.17, 15) is 9.50 Å². The number of halogens is 1. The number of aromatic nitrogens is 2. The lowest BCUT2D eigenvalue weighted by Crippen LogP contribution is -2.48. The van der Waals surface area contributed by atoms with Crippen LogP contribution in [0.3, 0.4) is 0 Å². The van der Waals surface area contributed by atoms with Crippen LogP contribution in [-0.2, 0) is 12.1 Å². The molecule has 0 saturated heterocycles. The molecule has 1 aliphatic carbocycles. The van der Waals surface area contributed by atoms with Crippen LogP contribution in [0.2, 0.25) is 0 Å². The molecule has 2 heterocycles. The number of benzene rings is 2. The van der Waals surface area contributed by atoms with E-state index in [-0.39, 0.29) is 17.2 Å². The number of nitriles is 1. The molecule has 0 radical (unpaired) electrons. The Labute approximate surface area is 187 Å². The van der Waals surface area contributed by atoms with Crippen LogP contribution < -0.4 is 0 Å². The van der Waals surface area contributed by atoms with Crippen molar-refractivity contribution >= 4 is 6.08 Å². The summed E-state index contributed by atoms with van der Waals surface area (Å²) < 4.78 is 15.6. The standard InChI is InChI=1S/C27H26FN3O/c1-26-16-31-17-30-25(19-8-12-22(28)13-9-19)23(31)14-21(26)4-3-5-24(26)27(2,32)20-10-6-18(15-29)7-11-20/h6-14,17,24,32H,3-5,16H2,1-2H3. The lowest BCUT2D eigenvalue weighted by Gasteiger charge is -2.51. The van der Waals surface area contributed by atoms with E-state index in [0.717, 1.165) is 48.3 Å². The Hall–Kier alpha value is -3.23. The summed E-state index contributed by atoms with van der Waals surface area (Å²) in [7, 11) is 0. The average Bonchev–Trinajstić information content (AvgIpc) is 3.19. The summed E-state index contributed by atoms with van der Waals surface area (Å²) in [4.78, 5) is 4.65. The number of rotatable bonds is 3. The molecule has 2 aliphatic rings. The molecular weight excluding hydrogens is 401 g/mol. The quantitative estimate of drug-likeness (QED) is 0.586. The zero-order valence-electron chi connectivity index (χ0n) is 18.3. The Morgan fingerprint density at radius 2 is 1.91 bits per heavy atom. The van der Waals surface area contributed by atoms with Gasteiger partial charge in [0.2, 0.25) is 0 Å². The van der Waals surface area contributed by atoms with Crippen molar-refractivity contribution in [1.29, 1.82) is 5.26 Å². The molecule has 1 aromatic heterocycles. The van der Waals surface area contributed by atoms with Gasteiger partial charge in [0.1, 0.15) is 5.82 Å². The second-order valence-corrected chi connectivity index (χ2v) is 9.48. The summed E-state index contributed by atoms with van der Waals surface area (Å²) in [6.45, 7) is 4.89. The van der Waals surface area contributed by atoms with Gasteiger partial charge < -0.3 is 9.67 Å². The molecule has 5 rings (SSSR count). The topological polar surface area (TPSA) is 61.8 Å². The zero-order chi connectivity index (χ0) is 22.5. The summed E-state index contributed by atoms with van der Waals surface area (Å²) in [6, 6.07) is 15.9. The van der Waals surface area contributed by atoms with E-state index in [0.29, 0.717) is 5.56 Å². The number of hydrogen-bond donors (Lipinski definition) is 1. The van der Waals surface area contributed by atoms with Crippen molar-refractivity contribution in [3.8, 4) is 17.3 Å². The Bertz CT molecular complexity index is 1230. The van der Waals surface area contributed by atoms with Crippen molar-refractivity contribution < 1.29 is 9.50 Å². The van der Waals surface area contributed by atoms with Gasteiger partial charge in [-0.05, 0) is 74.2 Å². The maximum Gasteiger partial charge on any atom is 0.123 e. The highest BCUT2D eigenvalue weighted by atomic mass is 19.1. The molecule has 162 valence electrons. The van der Waals surface area contributed by atoms with Gasteiger partial charge in [0.25, 0.3) is 0 Å². The number of allylic oxidation sites excluding steroid dienone is 1. The Morgan fingerprint density at radius 3 is 2.59 bits per heavy atom. The van der Waals surface area contributed by atoms with E-state index < -0.39 is 5.60 Å². The summed E-state index contributed by atoms with van der Waals surface area (Å²) in [5.41, 5.74) is 4.32. The van der Waals surface area contributed by atoms with Crippen LogP contribution in [-0.4, -0.2) is 14.7 Å². The summed E-state index contributed by atoms with van der Waals surface area (Å²) >= 11 is 0. The Morgan fingerprint density at radius 1 is 1.19 bits per heavy atom. The molecule has 0 amide bonds. The molecule has 0 bridgehead atoms. The number of fused-ring (bicyclic) bond motifs is 2. The van der Waals surface area contributed by atoms with Gasteiger partial charge in [0.15, 0.2) is 0 Å². The van der Waals surface area contributed by atoms with Gasteiger partial charge in [0, 0.05) is 23.4 Å². The normalized spacial score (nSPS) is 24.0. The molecule has 1 N–H and O–H groups in total. The molecule has 1 fully saturated rings.